The molecule has 0 fully saturated rings. The molecule has 0 saturated carbocycles. The van der Waals surface area contributed by atoms with Crippen LogP contribution in [-0.2, 0) is 0 Å². The third-order valence-corrected chi connectivity index (χ3v) is 2.84. The van der Waals surface area contributed by atoms with E-state index in [1.54, 1.807) is 18.2 Å². The number of anilines is 2. The van der Waals surface area contributed by atoms with Crippen LogP contribution in [-0.4, -0.2) is 11.0 Å². The van der Waals surface area contributed by atoms with Crippen LogP contribution in [0.2, 0.25) is 0 Å². The second kappa shape index (κ2) is 5.10. The molecule has 5 heteroatoms. The van der Waals surface area contributed by atoms with Crippen molar-refractivity contribution in [2.24, 2.45) is 0 Å². The van der Waals surface area contributed by atoms with Crippen molar-refractivity contribution in [2.75, 3.05) is 11.1 Å². The lowest BCUT2D eigenvalue weighted by Gasteiger charge is -2.07. The topological polar surface area (TPSA) is 75.4 Å². The van der Waals surface area contributed by atoms with Gasteiger partial charge in [0.25, 0.3) is 5.91 Å². The average Bonchev–Trinajstić information content (AvgIpc) is 2.28. The molecule has 0 heterocycles. The molecular weight excluding hydrogens is 296 g/mol. The number of nitrogen functional groups attached to an aromatic ring is 1. The summed E-state index contributed by atoms with van der Waals surface area (Å²) in [6.07, 6.45) is 0. The Labute approximate surface area is 113 Å². The highest BCUT2D eigenvalue weighted by atomic mass is 79.9. The van der Waals surface area contributed by atoms with Crippen LogP contribution < -0.4 is 11.1 Å². The minimum atomic E-state index is -0.384. The van der Waals surface area contributed by atoms with Gasteiger partial charge in [0, 0.05) is 21.9 Å². The number of nitrogens with two attached hydrogens (primary N) is 1. The molecule has 2 rings (SSSR count). The van der Waals surface area contributed by atoms with Crippen molar-refractivity contribution in [2.45, 2.75) is 0 Å². The fourth-order valence-electron chi connectivity index (χ4n) is 1.51. The minimum Gasteiger partial charge on any atom is -0.507 e. The molecule has 0 aliphatic heterocycles. The lowest BCUT2D eigenvalue weighted by atomic mass is 10.1. The first-order valence-corrected chi connectivity index (χ1v) is 6.01. The zero-order chi connectivity index (χ0) is 13.1. The van der Waals surface area contributed by atoms with Crippen molar-refractivity contribution >= 4 is 33.2 Å². The summed E-state index contributed by atoms with van der Waals surface area (Å²) in [6.45, 7) is 0. The van der Waals surface area contributed by atoms with Crippen LogP contribution in [0.3, 0.4) is 0 Å². The number of carbonyl (C=O) groups is 1. The number of hydrogen-bond donors (Lipinski definition) is 3. The van der Waals surface area contributed by atoms with Gasteiger partial charge in [-0.05, 0) is 30.3 Å². The molecule has 0 bridgehead atoms. The molecule has 2 aromatic carbocycles. The first kappa shape index (κ1) is 12.4. The molecule has 18 heavy (non-hydrogen) atoms. The van der Waals surface area contributed by atoms with Gasteiger partial charge in [-0.15, -0.1) is 0 Å². The molecule has 0 saturated heterocycles. The maximum absolute atomic E-state index is 11.9. The van der Waals surface area contributed by atoms with Crippen LogP contribution in [0.1, 0.15) is 10.4 Å². The Morgan fingerprint density at radius 3 is 2.67 bits per heavy atom. The lowest BCUT2D eigenvalue weighted by molar-refractivity contribution is 0.102. The Morgan fingerprint density at radius 1 is 1.22 bits per heavy atom. The molecule has 4 N–H and O–H groups in total. The maximum atomic E-state index is 11.9. The molecule has 92 valence electrons. The van der Waals surface area contributed by atoms with E-state index in [0.717, 1.165) is 4.47 Å². The van der Waals surface area contributed by atoms with Crippen molar-refractivity contribution in [3.05, 3.63) is 52.5 Å². The van der Waals surface area contributed by atoms with E-state index in [1.807, 2.05) is 12.1 Å². The van der Waals surface area contributed by atoms with Crippen LogP contribution in [0.4, 0.5) is 11.4 Å². The third kappa shape index (κ3) is 2.81. The molecule has 0 atom stereocenters. The number of phenolic OH excluding ortho intramolecular Hbond substituents is 1. The Morgan fingerprint density at radius 2 is 2.00 bits per heavy atom. The van der Waals surface area contributed by atoms with Gasteiger partial charge in [0.1, 0.15) is 5.75 Å². The summed E-state index contributed by atoms with van der Waals surface area (Å²) in [4.78, 5) is 11.9. The molecule has 0 spiro atoms. The molecule has 0 aliphatic carbocycles. The number of carbonyl (C=O) groups excluding carboxylic acids is 1. The summed E-state index contributed by atoms with van der Waals surface area (Å²) < 4.78 is 0.863. The van der Waals surface area contributed by atoms with Crippen molar-refractivity contribution in [3.8, 4) is 5.75 Å². The van der Waals surface area contributed by atoms with Gasteiger partial charge in [-0.3, -0.25) is 4.79 Å². The highest BCUT2D eigenvalue weighted by molar-refractivity contribution is 9.10. The number of rotatable bonds is 2. The summed E-state index contributed by atoms with van der Waals surface area (Å²) in [5, 5.41) is 12.3. The summed E-state index contributed by atoms with van der Waals surface area (Å²) in [5.41, 5.74) is 6.74. The van der Waals surface area contributed by atoms with E-state index in [0.29, 0.717) is 11.4 Å². The summed E-state index contributed by atoms with van der Waals surface area (Å²) in [6, 6.07) is 11.6. The molecular formula is C13H11BrN2O2. The second-order valence-electron chi connectivity index (χ2n) is 3.74. The number of amides is 1. The maximum Gasteiger partial charge on any atom is 0.259 e. The van der Waals surface area contributed by atoms with E-state index in [9.17, 15) is 9.90 Å². The minimum absolute atomic E-state index is 0.137. The largest absolute Gasteiger partial charge is 0.507 e. The van der Waals surface area contributed by atoms with Crippen molar-refractivity contribution in [3.63, 3.8) is 0 Å². The van der Waals surface area contributed by atoms with Gasteiger partial charge in [-0.25, -0.2) is 0 Å². The average molecular weight is 307 g/mol. The zero-order valence-corrected chi connectivity index (χ0v) is 10.9. The summed E-state index contributed by atoms with van der Waals surface area (Å²) >= 11 is 3.32. The van der Waals surface area contributed by atoms with Gasteiger partial charge >= 0.3 is 0 Å². The van der Waals surface area contributed by atoms with Crippen LogP contribution in [0, 0.1) is 0 Å². The molecule has 0 aromatic heterocycles. The predicted octanol–water partition coefficient (Wildman–Crippen LogP) is 2.99. The first-order valence-electron chi connectivity index (χ1n) is 5.21. The van der Waals surface area contributed by atoms with Gasteiger partial charge < -0.3 is 16.2 Å². The quantitative estimate of drug-likeness (QED) is 0.747. The Balaban J connectivity index is 2.22. The first-order chi connectivity index (χ1) is 8.56. The Kier molecular flexibility index (Phi) is 3.53. The number of aromatic hydroxyl groups is 1. The fourth-order valence-corrected chi connectivity index (χ4v) is 1.90. The number of hydrogen-bond acceptors (Lipinski definition) is 3. The highest BCUT2D eigenvalue weighted by Gasteiger charge is 2.11. The normalized spacial score (nSPS) is 10.1. The SMILES string of the molecule is Nc1ccc(C(=O)Nc2cccc(Br)c2)c(O)c1. The number of halogens is 1. The Bertz CT molecular complexity index is 599. The molecule has 0 radical (unpaired) electrons. The molecule has 2 aromatic rings. The monoisotopic (exact) mass is 306 g/mol. The van der Waals surface area contributed by atoms with Crippen LogP contribution in [0.5, 0.6) is 5.75 Å². The van der Waals surface area contributed by atoms with Gasteiger partial charge in [-0.2, -0.15) is 0 Å². The van der Waals surface area contributed by atoms with Crippen LogP contribution in [0.25, 0.3) is 0 Å². The van der Waals surface area contributed by atoms with E-state index >= 15 is 0 Å². The fraction of sp³-hybridized carbons (Fsp3) is 0. The van der Waals surface area contributed by atoms with Gasteiger partial charge in [0.2, 0.25) is 0 Å². The lowest BCUT2D eigenvalue weighted by Crippen LogP contribution is -2.12. The van der Waals surface area contributed by atoms with Crippen molar-refractivity contribution in [1.82, 2.24) is 0 Å². The molecule has 0 unspecified atom stereocenters. The number of nitrogens with one attached hydrogen (secondary N) is 1. The highest BCUT2D eigenvalue weighted by Crippen LogP contribution is 2.22. The van der Waals surface area contributed by atoms with E-state index in [1.165, 1.54) is 12.1 Å². The van der Waals surface area contributed by atoms with E-state index in [4.69, 9.17) is 5.73 Å². The van der Waals surface area contributed by atoms with Crippen molar-refractivity contribution in [1.29, 1.82) is 0 Å². The second-order valence-corrected chi connectivity index (χ2v) is 4.66. The van der Waals surface area contributed by atoms with Crippen molar-refractivity contribution < 1.29 is 9.90 Å². The van der Waals surface area contributed by atoms with E-state index in [-0.39, 0.29) is 17.2 Å². The molecule has 4 nitrogen and oxygen atoms in total. The zero-order valence-electron chi connectivity index (χ0n) is 9.35. The van der Waals surface area contributed by atoms with Crippen LogP contribution >= 0.6 is 15.9 Å². The van der Waals surface area contributed by atoms with Crippen LogP contribution in [0.15, 0.2) is 46.9 Å². The predicted molar refractivity (Wildman–Crippen MR) is 74.6 cm³/mol. The molecule has 0 aliphatic rings. The number of benzene rings is 2. The van der Waals surface area contributed by atoms with Gasteiger partial charge in [-0.1, -0.05) is 22.0 Å². The van der Waals surface area contributed by atoms with E-state index < -0.39 is 0 Å². The molecule has 1 amide bonds. The van der Waals surface area contributed by atoms with Gasteiger partial charge in [0.15, 0.2) is 0 Å². The smallest absolute Gasteiger partial charge is 0.259 e. The Hall–Kier alpha value is -2.01. The summed E-state index contributed by atoms with van der Waals surface area (Å²) in [5.74, 6) is -0.520. The summed E-state index contributed by atoms with van der Waals surface area (Å²) in [7, 11) is 0. The third-order valence-electron chi connectivity index (χ3n) is 2.35. The number of phenols is 1. The van der Waals surface area contributed by atoms with E-state index in [2.05, 4.69) is 21.2 Å². The van der Waals surface area contributed by atoms with Gasteiger partial charge in [0.05, 0.1) is 5.56 Å². The standard InChI is InChI=1S/C13H11BrN2O2/c14-8-2-1-3-10(6-8)16-13(18)11-5-4-9(15)7-12(11)17/h1-7,17H,15H2,(H,16,18).